The summed E-state index contributed by atoms with van der Waals surface area (Å²) in [6, 6.07) is 3.11. The average molecular weight is 214 g/mol. The Kier molecular flexibility index (Phi) is 2.67. The van der Waals surface area contributed by atoms with E-state index in [4.69, 9.17) is 10.5 Å². The van der Waals surface area contributed by atoms with E-state index in [0.29, 0.717) is 4.57 Å². The summed E-state index contributed by atoms with van der Waals surface area (Å²) in [5.74, 6) is 0.000394. The summed E-state index contributed by atoms with van der Waals surface area (Å²) < 4.78 is 37.0. The monoisotopic (exact) mass is 214 g/mol. The highest BCUT2D eigenvalue weighted by Crippen LogP contribution is 2.21. The van der Waals surface area contributed by atoms with E-state index in [1.807, 2.05) is 0 Å². The largest absolute Gasteiger partial charge is 0.406 e. The molecule has 0 saturated heterocycles. The molecular weight excluding hydrogens is 209 g/mol. The van der Waals surface area contributed by atoms with Gasteiger partial charge >= 0.3 is 6.18 Å². The fourth-order valence-corrected chi connectivity index (χ4v) is 1.13. The average Bonchev–Trinajstić information content (AvgIpc) is 2.40. The molecule has 0 unspecified atom stereocenters. The topological polar surface area (TPSA) is 65.4 Å². The minimum atomic E-state index is -4.44. The fraction of sp³-hybridized carbons (Fsp3) is 0.375. The van der Waals surface area contributed by atoms with Crippen LogP contribution in [0, 0.1) is 29.6 Å². The summed E-state index contributed by atoms with van der Waals surface area (Å²) in [5.41, 5.74) is -0.633. The quantitative estimate of drug-likeness (QED) is 0.711. The van der Waals surface area contributed by atoms with Gasteiger partial charge in [0.1, 0.15) is 24.5 Å². The molecule has 0 atom stereocenters. The fourth-order valence-electron chi connectivity index (χ4n) is 1.13. The molecule has 7 heteroatoms. The molecule has 1 aromatic rings. The lowest BCUT2D eigenvalue weighted by Crippen LogP contribution is -2.19. The van der Waals surface area contributed by atoms with E-state index < -0.39 is 12.7 Å². The molecule has 0 aliphatic carbocycles. The van der Waals surface area contributed by atoms with Gasteiger partial charge in [-0.25, -0.2) is 4.98 Å². The third-order valence-corrected chi connectivity index (χ3v) is 1.71. The van der Waals surface area contributed by atoms with E-state index in [0.717, 1.165) is 0 Å². The van der Waals surface area contributed by atoms with E-state index in [9.17, 15) is 13.2 Å². The number of hydrogen-bond donors (Lipinski definition) is 0. The number of nitriles is 2. The summed E-state index contributed by atoms with van der Waals surface area (Å²) in [6.07, 6.45) is -4.44. The number of aromatic nitrogens is 2. The first-order valence-corrected chi connectivity index (χ1v) is 3.83. The van der Waals surface area contributed by atoms with E-state index >= 15 is 0 Å². The first kappa shape index (κ1) is 11.1. The van der Waals surface area contributed by atoms with Crippen LogP contribution in [-0.4, -0.2) is 15.7 Å². The molecule has 0 aliphatic rings. The van der Waals surface area contributed by atoms with Crippen molar-refractivity contribution in [3.05, 3.63) is 17.2 Å². The molecule has 0 saturated carbocycles. The maximum atomic E-state index is 12.1. The number of aryl methyl sites for hydroxylation is 1. The second-order valence-corrected chi connectivity index (χ2v) is 2.78. The Hall–Kier alpha value is -2.02. The lowest BCUT2D eigenvalue weighted by atomic mass is 10.3. The standard InChI is InChI=1S/C8H5F3N4/c1-5-14-6(2-12)7(3-13)15(5)4-8(9,10)11/h4H2,1H3. The molecule has 78 valence electrons. The molecule has 1 heterocycles. The number of halogens is 3. The second kappa shape index (κ2) is 3.62. The van der Waals surface area contributed by atoms with Crippen LogP contribution in [0.5, 0.6) is 0 Å². The van der Waals surface area contributed by atoms with Crippen LogP contribution in [0.4, 0.5) is 13.2 Å². The van der Waals surface area contributed by atoms with Gasteiger partial charge in [0.05, 0.1) is 0 Å². The van der Waals surface area contributed by atoms with Gasteiger partial charge in [-0.05, 0) is 6.92 Å². The van der Waals surface area contributed by atoms with Crippen LogP contribution in [0.2, 0.25) is 0 Å². The molecule has 0 aromatic carbocycles. The highest BCUT2D eigenvalue weighted by Gasteiger charge is 2.31. The SMILES string of the molecule is Cc1nc(C#N)c(C#N)n1CC(F)(F)F. The first-order chi connectivity index (χ1) is 6.89. The Morgan fingerprint density at radius 2 is 1.93 bits per heavy atom. The van der Waals surface area contributed by atoms with Crippen molar-refractivity contribution in [2.45, 2.75) is 19.6 Å². The van der Waals surface area contributed by atoms with Gasteiger partial charge < -0.3 is 4.57 Å². The summed E-state index contributed by atoms with van der Waals surface area (Å²) in [7, 11) is 0. The molecule has 1 rings (SSSR count). The predicted octanol–water partition coefficient (Wildman–Crippen LogP) is 1.50. The number of alkyl halides is 3. The third-order valence-electron chi connectivity index (χ3n) is 1.71. The zero-order valence-electron chi connectivity index (χ0n) is 7.63. The molecule has 0 N–H and O–H groups in total. The van der Waals surface area contributed by atoms with Crippen molar-refractivity contribution in [3.63, 3.8) is 0 Å². The van der Waals surface area contributed by atoms with Crippen LogP contribution in [0.15, 0.2) is 0 Å². The van der Waals surface area contributed by atoms with Gasteiger partial charge in [-0.1, -0.05) is 0 Å². The summed E-state index contributed by atoms with van der Waals surface area (Å²) >= 11 is 0. The number of rotatable bonds is 1. The van der Waals surface area contributed by atoms with Gasteiger partial charge in [0, 0.05) is 0 Å². The minimum absolute atomic E-state index is 0.000394. The number of imidazole rings is 1. The summed E-state index contributed by atoms with van der Waals surface area (Å²) in [6.45, 7) is 0.00380. The number of nitrogens with zero attached hydrogens (tertiary/aromatic N) is 4. The molecule has 15 heavy (non-hydrogen) atoms. The minimum Gasteiger partial charge on any atom is -0.310 e. The Balaban J connectivity index is 3.25. The predicted molar refractivity (Wildman–Crippen MR) is 42.4 cm³/mol. The zero-order chi connectivity index (χ0) is 11.6. The first-order valence-electron chi connectivity index (χ1n) is 3.83. The molecule has 1 aromatic heterocycles. The van der Waals surface area contributed by atoms with Crippen molar-refractivity contribution >= 4 is 0 Å². The molecule has 0 spiro atoms. The van der Waals surface area contributed by atoms with Gasteiger partial charge in [-0.3, -0.25) is 0 Å². The molecular formula is C8H5F3N4. The summed E-state index contributed by atoms with van der Waals surface area (Å²) in [4.78, 5) is 3.56. The van der Waals surface area contributed by atoms with E-state index in [1.165, 1.54) is 13.0 Å². The highest BCUT2D eigenvalue weighted by atomic mass is 19.4. The van der Waals surface area contributed by atoms with Gasteiger partial charge in [-0.15, -0.1) is 0 Å². The van der Waals surface area contributed by atoms with Crippen molar-refractivity contribution in [3.8, 4) is 12.1 Å². The van der Waals surface area contributed by atoms with E-state index in [1.54, 1.807) is 6.07 Å². The smallest absolute Gasteiger partial charge is 0.310 e. The van der Waals surface area contributed by atoms with E-state index in [-0.39, 0.29) is 17.2 Å². The van der Waals surface area contributed by atoms with Crippen LogP contribution in [-0.2, 0) is 6.54 Å². The molecule has 0 amide bonds. The van der Waals surface area contributed by atoms with Crippen molar-refractivity contribution in [2.24, 2.45) is 0 Å². The Morgan fingerprint density at radius 3 is 2.33 bits per heavy atom. The van der Waals surface area contributed by atoms with Crippen LogP contribution < -0.4 is 0 Å². The van der Waals surface area contributed by atoms with Crippen LogP contribution in [0.1, 0.15) is 17.2 Å². The molecule has 0 radical (unpaired) electrons. The lowest BCUT2D eigenvalue weighted by molar-refractivity contribution is -0.141. The maximum Gasteiger partial charge on any atom is 0.406 e. The Labute approximate surface area is 83.2 Å². The Bertz CT molecular complexity index is 458. The molecule has 0 bridgehead atoms. The highest BCUT2D eigenvalue weighted by molar-refractivity contribution is 5.37. The third kappa shape index (κ3) is 2.26. The Morgan fingerprint density at radius 1 is 1.33 bits per heavy atom. The van der Waals surface area contributed by atoms with Crippen molar-refractivity contribution in [1.82, 2.24) is 9.55 Å². The molecule has 0 fully saturated rings. The van der Waals surface area contributed by atoms with Crippen LogP contribution in [0.25, 0.3) is 0 Å². The number of hydrogen-bond acceptors (Lipinski definition) is 3. The molecule has 4 nitrogen and oxygen atoms in total. The van der Waals surface area contributed by atoms with Crippen LogP contribution >= 0.6 is 0 Å². The van der Waals surface area contributed by atoms with Crippen molar-refractivity contribution < 1.29 is 13.2 Å². The van der Waals surface area contributed by atoms with Gasteiger partial charge in [0.25, 0.3) is 0 Å². The van der Waals surface area contributed by atoms with Gasteiger partial charge in [0.15, 0.2) is 11.4 Å². The van der Waals surface area contributed by atoms with Crippen molar-refractivity contribution in [2.75, 3.05) is 0 Å². The van der Waals surface area contributed by atoms with E-state index in [2.05, 4.69) is 4.98 Å². The second-order valence-electron chi connectivity index (χ2n) is 2.78. The lowest BCUT2D eigenvalue weighted by Gasteiger charge is -2.09. The van der Waals surface area contributed by atoms with Crippen LogP contribution in [0.3, 0.4) is 0 Å². The normalized spacial score (nSPS) is 10.8. The zero-order valence-corrected chi connectivity index (χ0v) is 7.63. The molecule has 0 aliphatic heterocycles. The maximum absolute atomic E-state index is 12.1. The van der Waals surface area contributed by atoms with Gasteiger partial charge in [0.2, 0.25) is 0 Å². The van der Waals surface area contributed by atoms with Gasteiger partial charge in [-0.2, -0.15) is 23.7 Å². The van der Waals surface area contributed by atoms with Crippen molar-refractivity contribution in [1.29, 1.82) is 10.5 Å². The summed E-state index contributed by atoms with van der Waals surface area (Å²) in [5, 5.41) is 17.1.